The number of nitrogens with zero attached hydrogens (tertiary/aromatic N) is 1. The molecule has 0 aliphatic carbocycles. The van der Waals surface area contributed by atoms with E-state index in [0.717, 1.165) is 12.8 Å². The summed E-state index contributed by atoms with van der Waals surface area (Å²) >= 11 is 1.67. The standard InChI is InChI=1S/C18H26N2O3S/c1-5-12(3)19-17(21)15-11-24-16(6-2)20(15)18(22)13-7-9-14(23-4)10-8-13/h7-10,12,15-16H,5-6,11H2,1-4H3,(H,19,21)/t12-,15-,16+/m0/s1. The number of rotatable bonds is 6. The van der Waals surface area contributed by atoms with Gasteiger partial charge in [-0.15, -0.1) is 11.8 Å². The monoisotopic (exact) mass is 350 g/mol. The minimum Gasteiger partial charge on any atom is -0.497 e. The zero-order valence-electron chi connectivity index (χ0n) is 14.7. The Balaban J connectivity index is 2.20. The van der Waals surface area contributed by atoms with Gasteiger partial charge in [-0.2, -0.15) is 0 Å². The number of nitrogens with one attached hydrogen (secondary N) is 1. The minimum atomic E-state index is -0.413. The molecule has 24 heavy (non-hydrogen) atoms. The van der Waals surface area contributed by atoms with Crippen molar-refractivity contribution in [3.05, 3.63) is 29.8 Å². The van der Waals surface area contributed by atoms with Gasteiger partial charge in [-0.3, -0.25) is 9.59 Å². The summed E-state index contributed by atoms with van der Waals surface area (Å²) in [6.07, 6.45) is 1.69. The van der Waals surface area contributed by atoms with E-state index in [4.69, 9.17) is 4.74 Å². The van der Waals surface area contributed by atoms with E-state index in [-0.39, 0.29) is 23.2 Å². The number of thioether (sulfide) groups is 1. The van der Waals surface area contributed by atoms with Crippen LogP contribution in [0.25, 0.3) is 0 Å². The fourth-order valence-corrected chi connectivity index (χ4v) is 4.03. The maximum absolute atomic E-state index is 13.0. The maximum Gasteiger partial charge on any atom is 0.255 e. The van der Waals surface area contributed by atoms with Crippen molar-refractivity contribution in [2.75, 3.05) is 12.9 Å². The zero-order chi connectivity index (χ0) is 17.7. The Labute approximate surface area is 148 Å². The number of hydrogen-bond donors (Lipinski definition) is 1. The minimum absolute atomic E-state index is 0.0345. The Hall–Kier alpha value is -1.69. The Morgan fingerprint density at radius 2 is 2.00 bits per heavy atom. The Morgan fingerprint density at radius 3 is 2.54 bits per heavy atom. The Bertz CT molecular complexity index is 576. The van der Waals surface area contributed by atoms with E-state index in [0.29, 0.717) is 17.1 Å². The van der Waals surface area contributed by atoms with Gasteiger partial charge in [0.1, 0.15) is 11.8 Å². The molecule has 1 fully saturated rings. The maximum atomic E-state index is 13.0. The van der Waals surface area contributed by atoms with Crippen LogP contribution in [0.4, 0.5) is 0 Å². The second kappa shape index (κ2) is 8.42. The molecule has 2 rings (SSSR count). The lowest BCUT2D eigenvalue weighted by Gasteiger charge is -2.29. The zero-order valence-corrected chi connectivity index (χ0v) is 15.6. The van der Waals surface area contributed by atoms with Gasteiger partial charge in [-0.25, -0.2) is 0 Å². The van der Waals surface area contributed by atoms with Gasteiger partial charge in [0.15, 0.2) is 0 Å². The van der Waals surface area contributed by atoms with E-state index in [9.17, 15) is 9.59 Å². The van der Waals surface area contributed by atoms with Gasteiger partial charge in [-0.05, 0) is 44.0 Å². The molecule has 0 saturated carbocycles. The summed E-state index contributed by atoms with van der Waals surface area (Å²) in [4.78, 5) is 27.3. The summed E-state index contributed by atoms with van der Waals surface area (Å²) in [7, 11) is 1.59. The molecule has 1 N–H and O–H groups in total. The third-order valence-electron chi connectivity index (χ3n) is 4.32. The number of carbonyl (C=O) groups excluding carboxylic acids is 2. The summed E-state index contributed by atoms with van der Waals surface area (Å²) in [5.74, 6) is 1.19. The quantitative estimate of drug-likeness (QED) is 0.857. The average Bonchev–Trinajstić information content (AvgIpc) is 3.05. The highest BCUT2D eigenvalue weighted by molar-refractivity contribution is 8.00. The molecule has 2 amide bonds. The first-order valence-electron chi connectivity index (χ1n) is 8.40. The van der Waals surface area contributed by atoms with Crippen LogP contribution in [-0.2, 0) is 4.79 Å². The lowest BCUT2D eigenvalue weighted by Crippen LogP contribution is -2.51. The number of ether oxygens (including phenoxy) is 1. The highest BCUT2D eigenvalue weighted by atomic mass is 32.2. The molecular weight excluding hydrogens is 324 g/mol. The molecule has 1 aromatic carbocycles. The molecule has 1 heterocycles. The molecule has 0 unspecified atom stereocenters. The van der Waals surface area contributed by atoms with Crippen LogP contribution in [0.1, 0.15) is 44.0 Å². The van der Waals surface area contributed by atoms with Crippen LogP contribution in [0.15, 0.2) is 24.3 Å². The van der Waals surface area contributed by atoms with Gasteiger partial charge in [0.25, 0.3) is 5.91 Å². The molecule has 1 aliphatic rings. The first kappa shape index (κ1) is 18.6. The van der Waals surface area contributed by atoms with Crippen LogP contribution in [0.2, 0.25) is 0 Å². The van der Waals surface area contributed by atoms with Gasteiger partial charge >= 0.3 is 0 Å². The van der Waals surface area contributed by atoms with E-state index in [1.165, 1.54) is 0 Å². The molecule has 0 spiro atoms. The van der Waals surface area contributed by atoms with Crippen molar-refractivity contribution in [2.24, 2.45) is 0 Å². The molecule has 6 heteroatoms. The van der Waals surface area contributed by atoms with E-state index >= 15 is 0 Å². The molecule has 0 radical (unpaired) electrons. The molecule has 1 saturated heterocycles. The SMILES string of the molecule is CC[C@H](C)NC(=O)[C@@H]1CS[C@H](CC)N1C(=O)c1ccc(OC)cc1. The van der Waals surface area contributed by atoms with Crippen molar-refractivity contribution < 1.29 is 14.3 Å². The summed E-state index contributed by atoms with van der Waals surface area (Å²) in [6.45, 7) is 6.05. The molecule has 0 aromatic heterocycles. The van der Waals surface area contributed by atoms with Gasteiger partial charge in [0.05, 0.1) is 12.5 Å². The van der Waals surface area contributed by atoms with Crippen molar-refractivity contribution in [1.29, 1.82) is 0 Å². The van der Waals surface area contributed by atoms with Crippen LogP contribution in [0.5, 0.6) is 5.75 Å². The van der Waals surface area contributed by atoms with Gasteiger partial charge < -0.3 is 15.0 Å². The largest absolute Gasteiger partial charge is 0.497 e. The van der Waals surface area contributed by atoms with E-state index in [2.05, 4.69) is 5.32 Å². The highest BCUT2D eigenvalue weighted by Gasteiger charge is 2.41. The van der Waals surface area contributed by atoms with E-state index in [1.54, 1.807) is 48.0 Å². The Kier molecular flexibility index (Phi) is 6.54. The van der Waals surface area contributed by atoms with Crippen molar-refractivity contribution in [1.82, 2.24) is 10.2 Å². The van der Waals surface area contributed by atoms with Gasteiger partial charge in [0, 0.05) is 17.4 Å². The summed E-state index contributed by atoms with van der Waals surface area (Å²) in [6, 6.07) is 6.74. The van der Waals surface area contributed by atoms with Crippen molar-refractivity contribution in [3.63, 3.8) is 0 Å². The van der Waals surface area contributed by atoms with E-state index in [1.807, 2.05) is 20.8 Å². The number of carbonyl (C=O) groups is 2. The molecule has 1 aromatic rings. The topological polar surface area (TPSA) is 58.6 Å². The van der Waals surface area contributed by atoms with Crippen LogP contribution in [0, 0.1) is 0 Å². The average molecular weight is 350 g/mol. The molecule has 5 nitrogen and oxygen atoms in total. The van der Waals surface area contributed by atoms with Gasteiger partial charge in [-0.1, -0.05) is 13.8 Å². The number of amides is 2. The second-order valence-corrected chi connectivity index (χ2v) is 7.18. The molecule has 1 aliphatic heterocycles. The molecule has 3 atom stereocenters. The number of methoxy groups -OCH3 is 1. The first-order chi connectivity index (χ1) is 11.5. The third-order valence-corrected chi connectivity index (χ3v) is 5.77. The first-order valence-corrected chi connectivity index (χ1v) is 9.45. The molecule has 132 valence electrons. The molecule has 0 bridgehead atoms. The predicted octanol–water partition coefficient (Wildman–Crippen LogP) is 2.90. The van der Waals surface area contributed by atoms with Crippen LogP contribution in [0.3, 0.4) is 0 Å². The number of hydrogen-bond acceptors (Lipinski definition) is 4. The van der Waals surface area contributed by atoms with Crippen LogP contribution < -0.4 is 10.1 Å². The Morgan fingerprint density at radius 1 is 1.33 bits per heavy atom. The van der Waals surface area contributed by atoms with Crippen LogP contribution >= 0.6 is 11.8 Å². The van der Waals surface area contributed by atoms with Gasteiger partial charge in [0.2, 0.25) is 5.91 Å². The molecular formula is C18H26N2O3S. The lowest BCUT2D eigenvalue weighted by molar-refractivity contribution is -0.125. The van der Waals surface area contributed by atoms with Crippen molar-refractivity contribution in [2.45, 2.75) is 51.1 Å². The lowest BCUT2D eigenvalue weighted by atomic mass is 10.1. The fraction of sp³-hybridized carbons (Fsp3) is 0.556. The fourth-order valence-electron chi connectivity index (χ4n) is 2.68. The predicted molar refractivity (Wildman–Crippen MR) is 97.4 cm³/mol. The van der Waals surface area contributed by atoms with Crippen molar-refractivity contribution >= 4 is 23.6 Å². The van der Waals surface area contributed by atoms with Crippen molar-refractivity contribution in [3.8, 4) is 5.75 Å². The highest BCUT2D eigenvalue weighted by Crippen LogP contribution is 2.33. The van der Waals surface area contributed by atoms with Crippen LogP contribution in [-0.4, -0.2) is 47.0 Å². The summed E-state index contributed by atoms with van der Waals surface area (Å²) in [5, 5.41) is 3.04. The smallest absolute Gasteiger partial charge is 0.255 e. The second-order valence-electron chi connectivity index (χ2n) is 5.97. The summed E-state index contributed by atoms with van der Waals surface area (Å²) in [5.41, 5.74) is 0.582. The normalized spacial score (nSPS) is 21.4. The number of benzene rings is 1. The summed E-state index contributed by atoms with van der Waals surface area (Å²) < 4.78 is 5.14. The van der Waals surface area contributed by atoms with E-state index < -0.39 is 6.04 Å². The third kappa shape index (κ3) is 4.04.